The molecule has 0 radical (unpaired) electrons. The third-order valence-corrected chi connectivity index (χ3v) is 3.76. The molecule has 5 heteroatoms. The summed E-state index contributed by atoms with van der Waals surface area (Å²) < 4.78 is 11.2. The highest BCUT2D eigenvalue weighted by Gasteiger charge is 2.07. The molecule has 3 aromatic rings. The van der Waals surface area contributed by atoms with Gasteiger partial charge in [0.1, 0.15) is 24.2 Å². The summed E-state index contributed by atoms with van der Waals surface area (Å²) in [6.07, 6.45) is 0. The lowest BCUT2D eigenvalue weighted by Crippen LogP contribution is -2.20. The van der Waals surface area contributed by atoms with E-state index in [2.05, 4.69) is 5.32 Å². The maximum absolute atomic E-state index is 12.0. The Labute approximate surface area is 157 Å². The van der Waals surface area contributed by atoms with Gasteiger partial charge in [0, 0.05) is 0 Å². The lowest BCUT2D eigenvalue weighted by molar-refractivity contribution is -0.118. The summed E-state index contributed by atoms with van der Waals surface area (Å²) in [6, 6.07) is 25.8. The third-order valence-electron chi connectivity index (χ3n) is 3.76. The summed E-state index contributed by atoms with van der Waals surface area (Å²) in [5.74, 6) is 0.950. The summed E-state index contributed by atoms with van der Waals surface area (Å²) in [7, 11) is 0. The van der Waals surface area contributed by atoms with Crippen molar-refractivity contribution in [2.24, 2.45) is 0 Å². The zero-order valence-electron chi connectivity index (χ0n) is 14.6. The van der Waals surface area contributed by atoms with Gasteiger partial charge in [-0.2, -0.15) is 5.26 Å². The van der Waals surface area contributed by atoms with E-state index in [1.54, 1.807) is 48.5 Å². The van der Waals surface area contributed by atoms with Gasteiger partial charge in [-0.05, 0) is 42.0 Å². The molecule has 0 saturated carbocycles. The number of benzene rings is 3. The van der Waals surface area contributed by atoms with E-state index in [0.29, 0.717) is 23.6 Å². The molecule has 134 valence electrons. The topological polar surface area (TPSA) is 71.4 Å². The van der Waals surface area contributed by atoms with Gasteiger partial charge in [0.25, 0.3) is 5.91 Å². The second-order valence-electron chi connectivity index (χ2n) is 5.74. The molecule has 0 saturated heterocycles. The molecular weight excluding hydrogens is 340 g/mol. The van der Waals surface area contributed by atoms with Gasteiger partial charge in [0.05, 0.1) is 11.3 Å². The molecular formula is C22H18N2O3. The van der Waals surface area contributed by atoms with Crippen LogP contribution >= 0.6 is 0 Å². The molecule has 1 N–H and O–H groups in total. The lowest BCUT2D eigenvalue weighted by atomic mass is 10.2. The Morgan fingerprint density at radius 1 is 0.852 bits per heavy atom. The molecule has 3 aromatic carbocycles. The largest absolute Gasteiger partial charge is 0.489 e. The molecule has 0 fully saturated rings. The molecule has 0 aliphatic rings. The molecule has 0 unspecified atom stereocenters. The molecule has 3 rings (SSSR count). The first kappa shape index (κ1) is 18.0. The van der Waals surface area contributed by atoms with E-state index in [0.717, 1.165) is 11.3 Å². The highest BCUT2D eigenvalue weighted by atomic mass is 16.5. The molecule has 27 heavy (non-hydrogen) atoms. The van der Waals surface area contributed by atoms with Gasteiger partial charge in [-0.3, -0.25) is 4.79 Å². The molecule has 0 bridgehead atoms. The van der Waals surface area contributed by atoms with Crippen LogP contribution in [0.3, 0.4) is 0 Å². The van der Waals surface area contributed by atoms with Gasteiger partial charge in [-0.25, -0.2) is 0 Å². The molecule has 0 spiro atoms. The van der Waals surface area contributed by atoms with Crippen molar-refractivity contribution < 1.29 is 14.3 Å². The number of nitrogens with one attached hydrogen (secondary N) is 1. The van der Waals surface area contributed by atoms with E-state index < -0.39 is 0 Å². The van der Waals surface area contributed by atoms with Crippen LogP contribution in [0.2, 0.25) is 0 Å². The van der Waals surface area contributed by atoms with Crippen LogP contribution in [0.4, 0.5) is 5.69 Å². The van der Waals surface area contributed by atoms with Crippen LogP contribution in [-0.2, 0) is 11.4 Å². The number of rotatable bonds is 7. The molecule has 0 heterocycles. The quantitative estimate of drug-likeness (QED) is 0.688. The number of carbonyl (C=O) groups excluding carboxylic acids is 1. The third kappa shape index (κ3) is 5.35. The fourth-order valence-electron chi connectivity index (χ4n) is 2.40. The maximum atomic E-state index is 12.0. The highest BCUT2D eigenvalue weighted by Crippen LogP contribution is 2.19. The monoisotopic (exact) mass is 358 g/mol. The molecule has 5 nitrogen and oxygen atoms in total. The van der Waals surface area contributed by atoms with E-state index >= 15 is 0 Å². The SMILES string of the molecule is N#Cc1ccccc1NC(=O)COc1ccc(OCc2ccccc2)cc1. The minimum atomic E-state index is -0.331. The molecule has 1 amide bonds. The number of nitriles is 1. The summed E-state index contributed by atoms with van der Waals surface area (Å²) in [4.78, 5) is 12.0. The van der Waals surface area contributed by atoms with E-state index in [-0.39, 0.29) is 12.5 Å². The van der Waals surface area contributed by atoms with E-state index in [1.807, 2.05) is 36.4 Å². The van der Waals surface area contributed by atoms with Crippen LogP contribution in [0.1, 0.15) is 11.1 Å². The first-order valence-corrected chi connectivity index (χ1v) is 8.43. The van der Waals surface area contributed by atoms with Gasteiger partial charge in [-0.1, -0.05) is 42.5 Å². The Balaban J connectivity index is 1.48. The molecule has 0 aliphatic carbocycles. The number of hydrogen-bond acceptors (Lipinski definition) is 4. The Morgan fingerprint density at radius 2 is 1.48 bits per heavy atom. The minimum Gasteiger partial charge on any atom is -0.489 e. The van der Waals surface area contributed by atoms with Crippen LogP contribution in [0.5, 0.6) is 11.5 Å². The summed E-state index contributed by atoms with van der Waals surface area (Å²) >= 11 is 0. The first-order chi connectivity index (χ1) is 13.2. The molecule has 0 aliphatic heterocycles. The normalized spacial score (nSPS) is 9.89. The fourth-order valence-corrected chi connectivity index (χ4v) is 2.40. The number of para-hydroxylation sites is 1. The van der Waals surface area contributed by atoms with E-state index in [4.69, 9.17) is 14.7 Å². The van der Waals surface area contributed by atoms with Crippen molar-refractivity contribution in [1.82, 2.24) is 0 Å². The van der Waals surface area contributed by atoms with Gasteiger partial charge in [0.2, 0.25) is 0 Å². The predicted molar refractivity (Wildman–Crippen MR) is 102 cm³/mol. The van der Waals surface area contributed by atoms with Crippen LogP contribution in [0.25, 0.3) is 0 Å². The highest BCUT2D eigenvalue weighted by molar-refractivity contribution is 5.93. The van der Waals surface area contributed by atoms with Gasteiger partial charge < -0.3 is 14.8 Å². The summed E-state index contributed by atoms with van der Waals surface area (Å²) in [5.41, 5.74) is 1.97. The summed E-state index contributed by atoms with van der Waals surface area (Å²) in [5, 5.41) is 11.7. The summed E-state index contributed by atoms with van der Waals surface area (Å²) in [6.45, 7) is 0.339. The molecule has 0 aromatic heterocycles. The van der Waals surface area contributed by atoms with Crippen molar-refractivity contribution in [2.75, 3.05) is 11.9 Å². The molecule has 0 atom stereocenters. The predicted octanol–water partition coefficient (Wildman–Crippen LogP) is 4.15. The van der Waals surface area contributed by atoms with Crippen molar-refractivity contribution in [2.45, 2.75) is 6.61 Å². The van der Waals surface area contributed by atoms with Crippen molar-refractivity contribution in [1.29, 1.82) is 5.26 Å². The van der Waals surface area contributed by atoms with Gasteiger partial charge >= 0.3 is 0 Å². The zero-order valence-corrected chi connectivity index (χ0v) is 14.6. The number of nitrogens with zero attached hydrogens (tertiary/aromatic N) is 1. The number of carbonyl (C=O) groups is 1. The van der Waals surface area contributed by atoms with Crippen molar-refractivity contribution >= 4 is 11.6 Å². The standard InChI is InChI=1S/C22H18N2O3/c23-14-18-8-4-5-9-21(18)24-22(25)16-27-20-12-10-19(11-13-20)26-15-17-6-2-1-3-7-17/h1-13H,15-16H2,(H,24,25). The van der Waals surface area contributed by atoms with Crippen molar-refractivity contribution in [3.8, 4) is 17.6 Å². The van der Waals surface area contributed by atoms with Crippen LogP contribution in [0, 0.1) is 11.3 Å². The average Bonchev–Trinajstić information content (AvgIpc) is 2.72. The second kappa shape index (κ2) is 9.07. The van der Waals surface area contributed by atoms with Gasteiger partial charge in [0.15, 0.2) is 6.61 Å². The number of anilines is 1. The maximum Gasteiger partial charge on any atom is 0.262 e. The van der Waals surface area contributed by atoms with Crippen molar-refractivity contribution in [3.63, 3.8) is 0 Å². The Bertz CT molecular complexity index is 932. The second-order valence-corrected chi connectivity index (χ2v) is 5.74. The van der Waals surface area contributed by atoms with Crippen LogP contribution in [0.15, 0.2) is 78.9 Å². The van der Waals surface area contributed by atoms with Crippen LogP contribution < -0.4 is 14.8 Å². The first-order valence-electron chi connectivity index (χ1n) is 8.43. The number of ether oxygens (including phenoxy) is 2. The minimum absolute atomic E-state index is 0.149. The zero-order chi connectivity index (χ0) is 18.9. The van der Waals surface area contributed by atoms with Gasteiger partial charge in [-0.15, -0.1) is 0 Å². The average molecular weight is 358 g/mol. The Kier molecular flexibility index (Phi) is 6.05. The van der Waals surface area contributed by atoms with Crippen LogP contribution in [-0.4, -0.2) is 12.5 Å². The Morgan fingerprint density at radius 3 is 2.19 bits per heavy atom. The fraction of sp³-hybridized carbons (Fsp3) is 0.0909. The van der Waals surface area contributed by atoms with E-state index in [9.17, 15) is 4.79 Å². The Hall–Kier alpha value is -3.78. The lowest BCUT2D eigenvalue weighted by Gasteiger charge is -2.10. The van der Waals surface area contributed by atoms with E-state index in [1.165, 1.54) is 0 Å². The van der Waals surface area contributed by atoms with Crippen molar-refractivity contribution in [3.05, 3.63) is 90.0 Å². The number of amides is 1. The number of hydrogen-bond donors (Lipinski definition) is 1. The smallest absolute Gasteiger partial charge is 0.262 e.